The Morgan fingerprint density at radius 3 is 1.82 bits per heavy atom. The zero-order chi connectivity index (χ0) is 99.8. The molecule has 2 fully saturated rings. The molecule has 30 heteroatoms. The van der Waals surface area contributed by atoms with E-state index in [1.807, 2.05) is 87.5 Å². The van der Waals surface area contributed by atoms with Crippen molar-refractivity contribution in [2.24, 2.45) is 0 Å². The highest BCUT2D eigenvalue weighted by atomic mass is 35.5. The van der Waals surface area contributed by atoms with E-state index in [9.17, 15) is 67.9 Å². The van der Waals surface area contributed by atoms with Gasteiger partial charge >= 0.3 is 18.0 Å². The summed E-state index contributed by atoms with van der Waals surface area (Å²) in [5, 5.41) is 55.2. The summed E-state index contributed by atoms with van der Waals surface area (Å²) in [5.41, 5.74) is 7.16. The van der Waals surface area contributed by atoms with Crippen molar-refractivity contribution in [2.75, 3.05) is 41.9 Å². The molecule has 5 heterocycles. The SMILES string of the molecule is C#CC#CC#CC#CC#CC#CC#CC#CC#C.CC(C)(C)c1ccc(N2C(=O)c3cc(F)ccc3[C@H](CC(=O)O)[C@H]2c2ccc3c(c2)OCCO3)cc1Cl.CCCCCC/C=C/C=C(\CCCCCCCC(=O)O)[N+](=O)[O-].CC[C@@H]1NC(=O)C2[C@H](Cl)[C@H](Cl)CN2C(=O)[C@H](CC)NC(=O)C[C@H](c2ccccc2)NC(=O)[C@H](CO)NC1=O.CCc1ccc(NC(=O)Nc2c[nH]c3ccccc23)cc1. The number of benzene rings is 6. The number of para-hydroxylation sites is 1. The van der Waals surface area contributed by atoms with Gasteiger partial charge in [-0.2, -0.15) is 0 Å². The molecule has 137 heavy (non-hydrogen) atoms. The number of ether oxygens (including phenoxy) is 2. The molecule has 1 aromatic heterocycles. The van der Waals surface area contributed by atoms with E-state index in [0.717, 1.165) is 72.8 Å². The average molecular weight is 1920 g/mol. The molecule has 9 atom stereocenters. The number of allylic oxidation sites excluding steroid dienone is 4. The number of carbonyl (C=O) groups excluding carboxylic acids is 7. The Bertz CT molecular complexity index is 6000. The number of aromatic amines is 1. The number of aliphatic hydroxyl groups is 1. The van der Waals surface area contributed by atoms with Crippen LogP contribution in [0.15, 0.2) is 164 Å². The van der Waals surface area contributed by atoms with E-state index in [-0.39, 0.29) is 66.3 Å². The van der Waals surface area contributed by atoms with Crippen molar-refractivity contribution >= 4 is 116 Å². The van der Waals surface area contributed by atoms with Crippen LogP contribution in [0.2, 0.25) is 5.02 Å². The first-order valence-electron chi connectivity index (χ1n) is 44.8. The summed E-state index contributed by atoms with van der Waals surface area (Å²) >= 11 is 19.4. The Balaban J connectivity index is 0.000000241. The number of carboxylic acid groups (broad SMARTS) is 2. The third kappa shape index (κ3) is 35.2. The topological polar surface area (TPSA) is 370 Å². The quantitative estimate of drug-likeness (QED) is 0.00601. The van der Waals surface area contributed by atoms with Crippen LogP contribution in [0.4, 0.5) is 26.2 Å². The van der Waals surface area contributed by atoms with Crippen molar-refractivity contribution in [1.82, 2.24) is 31.2 Å². The molecule has 26 nitrogen and oxygen atoms in total. The Kier molecular flexibility index (Phi) is 46.0. The van der Waals surface area contributed by atoms with Crippen molar-refractivity contribution in [3.63, 3.8) is 0 Å². The number of halogens is 4. The van der Waals surface area contributed by atoms with Crippen molar-refractivity contribution in [3.8, 4) is 119 Å². The number of rotatable bonds is 26. The number of unbranched alkanes of at least 4 members (excludes halogenated alkanes) is 8. The number of anilines is 3. The second kappa shape index (κ2) is 57.7. The number of fused-ring (bicyclic) bond motifs is 4. The Morgan fingerprint density at radius 1 is 0.635 bits per heavy atom. The van der Waals surface area contributed by atoms with E-state index in [0.29, 0.717) is 65.0 Å². The number of nitrogens with zero attached hydrogens (tertiary/aromatic N) is 3. The van der Waals surface area contributed by atoms with Crippen molar-refractivity contribution in [2.45, 2.75) is 216 Å². The number of nitro groups is 1. The van der Waals surface area contributed by atoms with E-state index in [4.69, 9.17) is 62.2 Å². The van der Waals surface area contributed by atoms with Gasteiger partial charge in [-0.15, -0.1) is 36.0 Å². The Labute approximate surface area is 814 Å². The molecule has 4 aliphatic heterocycles. The molecule has 4 aliphatic rings. The summed E-state index contributed by atoms with van der Waals surface area (Å²) in [6.45, 7) is 13.9. The molecular formula is C107H110Cl3FN10O16. The molecule has 0 saturated carbocycles. The maximum Gasteiger partial charge on any atom is 0.323 e. The van der Waals surface area contributed by atoms with Gasteiger partial charge in [0, 0.05) is 70.4 Å². The van der Waals surface area contributed by atoms with Gasteiger partial charge in [0.05, 0.1) is 52.9 Å². The predicted molar refractivity (Wildman–Crippen MR) is 531 cm³/mol. The number of alkyl halides is 2. The lowest BCUT2D eigenvalue weighted by atomic mass is 9.77. The highest BCUT2D eigenvalue weighted by molar-refractivity contribution is 6.33. The number of carboxylic acids is 2. The van der Waals surface area contributed by atoms with E-state index >= 15 is 0 Å². The van der Waals surface area contributed by atoms with E-state index in [1.54, 1.807) is 86.8 Å². The summed E-state index contributed by atoms with van der Waals surface area (Å²) in [6, 6.07) is 32.8. The van der Waals surface area contributed by atoms with Gasteiger partial charge in [-0.1, -0.05) is 190 Å². The number of hydrogen-bond donors (Lipinski definition) is 10. The van der Waals surface area contributed by atoms with Gasteiger partial charge in [0.1, 0.15) is 43.2 Å². The van der Waals surface area contributed by atoms with Crippen LogP contribution in [0.5, 0.6) is 11.5 Å². The number of carbonyl (C=O) groups is 9. The van der Waals surface area contributed by atoms with Crippen molar-refractivity contribution in [1.29, 1.82) is 0 Å². The number of urea groups is 1. The van der Waals surface area contributed by atoms with Crippen LogP contribution in [0.25, 0.3) is 10.9 Å². The standard InChI is InChI=1S/C29H27ClFNO5.C25H33Cl2N5O6.C18H31NO4.C18H2.C17H17N3O/c1-29(2,3)22-8-6-18(14-23(22)30)32-27(16-4-9-24-25(12-16)37-11-10-36-24)20(15-26(33)34)19-7-5-17(31)13-21(19)28(32)35;1-3-15-22(35)31-18(12-33)23(36)30-17(13-8-6-5-7-9-13)10-19(34)28-16(4-2)25(38)32-11-14(26)20(27)21(32)24(37)29-15;1-2-3-4-5-6-8-11-14-17(19(22)23)15-12-9-7-10-13-16-18(20)21;1-3-5-7-9-11-13-15-17-18-16-14-12-10-8-6-4-2;1-2-12-7-9-13(10-8-12)19-17(21)20-16-11-18-15-6-4-3-5-14(15)16/h4-9,12-14,20,27H,10-11,15H2,1-3H3,(H,33,34);5-9,14-18,20-21,33H,3-4,10-12H2,1-2H3,(H,28,34)(H,29,37)(H,30,36)(H,31,35);8,11,14H,2-7,9-10,12-13,15-16H2,1H3,(H,20,21);1-2H;3-11,18H,2H2,1H3,(H2,19,20,21)/b;;11-8+,17-14+;;/t20-,27+;14-,15+,16+,17-,18+,20-,21?;;;/m01.../s1. The van der Waals surface area contributed by atoms with Crippen molar-refractivity contribution in [3.05, 3.63) is 218 Å². The van der Waals surface area contributed by atoms with E-state index in [1.165, 1.54) is 52.8 Å². The van der Waals surface area contributed by atoms with E-state index < -0.39 is 113 Å². The largest absolute Gasteiger partial charge is 0.486 e. The van der Waals surface area contributed by atoms with Gasteiger partial charge in [0.2, 0.25) is 35.2 Å². The molecule has 11 rings (SSSR count). The molecule has 0 aliphatic carbocycles. The lowest BCUT2D eigenvalue weighted by Gasteiger charge is -2.42. The molecule has 712 valence electrons. The molecular weight excluding hydrogens is 1810 g/mol. The monoisotopic (exact) mass is 1910 g/mol. The summed E-state index contributed by atoms with van der Waals surface area (Å²) in [6.07, 6.45) is 28.5. The molecule has 0 spiro atoms. The minimum Gasteiger partial charge on any atom is -0.486 e. The van der Waals surface area contributed by atoms with Crippen LogP contribution in [-0.4, -0.2) is 145 Å². The average Bonchev–Trinajstić information content (AvgIpc) is 1.33. The first kappa shape index (κ1) is 109. The van der Waals surface area contributed by atoms with Crippen LogP contribution < -0.4 is 46.3 Å². The van der Waals surface area contributed by atoms with Gasteiger partial charge in [-0.05, 0) is 228 Å². The Hall–Kier alpha value is -14.8. The number of terminal acetylenes is 2. The highest BCUT2D eigenvalue weighted by Gasteiger charge is 2.49. The number of aliphatic carboxylic acids is 2. The molecule has 2 saturated heterocycles. The van der Waals surface area contributed by atoms with Gasteiger partial charge in [-0.3, -0.25) is 48.5 Å². The predicted octanol–water partition coefficient (Wildman–Crippen LogP) is 16.6. The number of aryl methyl sites for hydroxylation is 1. The summed E-state index contributed by atoms with van der Waals surface area (Å²) in [5.74, 6) is 32.7. The lowest BCUT2D eigenvalue weighted by molar-refractivity contribution is -0.428. The molecule has 1 unspecified atom stereocenters. The minimum absolute atomic E-state index is 0.0166. The van der Waals surface area contributed by atoms with Crippen LogP contribution >= 0.6 is 34.8 Å². The third-order valence-corrected chi connectivity index (χ3v) is 23.1. The number of H-pyrrole nitrogens is 1. The second-order valence-electron chi connectivity index (χ2n) is 32.5. The summed E-state index contributed by atoms with van der Waals surface area (Å²) < 4.78 is 25.7. The highest BCUT2D eigenvalue weighted by Crippen LogP contribution is 2.49. The van der Waals surface area contributed by atoms with E-state index in [2.05, 4.69) is 145 Å². The summed E-state index contributed by atoms with van der Waals surface area (Å²) in [7, 11) is 0. The second-order valence-corrected chi connectivity index (χ2v) is 33.9. The first-order valence-corrected chi connectivity index (χ1v) is 46.0. The normalized spacial score (nSPS) is 18.0. The molecule has 7 aromatic rings. The van der Waals surface area contributed by atoms with Gasteiger partial charge in [-0.25, -0.2) is 9.18 Å². The Morgan fingerprint density at radius 2 is 1.23 bits per heavy atom. The van der Waals surface area contributed by atoms with Gasteiger partial charge < -0.3 is 71.5 Å². The lowest BCUT2D eigenvalue weighted by Crippen LogP contribution is -2.60. The van der Waals surface area contributed by atoms with Crippen molar-refractivity contribution < 1.29 is 77.3 Å². The molecule has 8 amide bonds. The zero-order valence-electron chi connectivity index (χ0n) is 77.2. The molecule has 0 radical (unpaired) electrons. The van der Waals surface area contributed by atoms with Crippen LogP contribution in [0.1, 0.15) is 207 Å². The fraction of sp³-hybridized carbons (Fsp3) is 0.355. The maximum atomic E-state index is 14.3. The van der Waals surface area contributed by atoms with Gasteiger partial charge in [0.25, 0.3) is 5.91 Å². The third-order valence-electron chi connectivity index (χ3n) is 21.7. The minimum atomic E-state index is -1.34. The van der Waals surface area contributed by atoms with Gasteiger partial charge in [0.15, 0.2) is 11.5 Å². The summed E-state index contributed by atoms with van der Waals surface area (Å²) in [4.78, 5) is 131. The van der Waals surface area contributed by atoms with Crippen LogP contribution in [0, 0.1) is 124 Å². The maximum absolute atomic E-state index is 14.3. The zero-order valence-corrected chi connectivity index (χ0v) is 79.5. The van der Waals surface area contributed by atoms with Crippen LogP contribution in [0.3, 0.4) is 0 Å². The fourth-order valence-corrected chi connectivity index (χ4v) is 15.9. The number of aromatic nitrogens is 1. The molecule has 0 bridgehead atoms. The molecule has 10 N–H and O–H groups in total. The number of nitrogens with one attached hydrogen (secondary N) is 7. The smallest absolute Gasteiger partial charge is 0.323 e. The fourth-order valence-electron chi connectivity index (χ4n) is 14.8. The first-order chi connectivity index (χ1) is 65.9. The van der Waals surface area contributed by atoms with Crippen LogP contribution in [-0.2, 0) is 45.4 Å². The number of amides is 8. The molecule has 6 aromatic carbocycles. The number of aliphatic hydroxyl groups excluding tert-OH is 1. The number of hydrogen-bond acceptors (Lipinski definition) is 14.